The normalized spacial score (nSPS) is 11.2. The van der Waals surface area contributed by atoms with Crippen molar-refractivity contribution in [3.63, 3.8) is 0 Å². The number of nitrogens with one attached hydrogen (secondary N) is 1. The summed E-state index contributed by atoms with van der Waals surface area (Å²) in [6, 6.07) is 10.2. The van der Waals surface area contributed by atoms with Crippen molar-refractivity contribution in [3.8, 4) is 0 Å². The monoisotopic (exact) mass is 151 g/mol. The van der Waals surface area contributed by atoms with Crippen LogP contribution in [0.5, 0.6) is 0 Å². The van der Waals surface area contributed by atoms with Crippen LogP contribution in [-0.4, -0.2) is 25.7 Å². The molecule has 1 aromatic carbocycles. The molecule has 0 radical (unpaired) electrons. The van der Waals surface area contributed by atoms with Crippen LogP contribution in [0.25, 0.3) is 0 Å². The molecule has 0 heterocycles. The van der Waals surface area contributed by atoms with Crippen LogP contribution < -0.4 is 5.43 Å². The van der Waals surface area contributed by atoms with Crippen molar-refractivity contribution in [1.29, 1.82) is 0 Å². The number of para-hydroxylation sites is 1. The summed E-state index contributed by atoms with van der Waals surface area (Å²) in [5.41, 5.74) is 4.47. The van der Waals surface area contributed by atoms with Crippen molar-refractivity contribution in [3.05, 3.63) is 30.3 Å². The van der Waals surface area contributed by atoms with E-state index < -0.39 is 0 Å². The first-order valence-electron chi connectivity index (χ1n) is 3.73. The van der Waals surface area contributed by atoms with E-state index in [4.69, 9.17) is 0 Å². The standard InChI is InChI=1S/C9H15N2/c1-11(2,3)10-9-7-5-4-6-8-9/h4-8,10H,1-3H3/q+1. The molecular formula is C9H15N2+. The maximum Gasteiger partial charge on any atom is 0.0902 e. The second-order valence-corrected chi connectivity index (χ2v) is 3.49. The Morgan fingerprint density at radius 2 is 1.55 bits per heavy atom. The molecule has 1 aromatic rings. The molecule has 0 aliphatic carbocycles. The summed E-state index contributed by atoms with van der Waals surface area (Å²) in [5.74, 6) is 0. The topological polar surface area (TPSA) is 12.0 Å². The first-order valence-corrected chi connectivity index (χ1v) is 3.73. The van der Waals surface area contributed by atoms with Gasteiger partial charge in [0.15, 0.2) is 0 Å². The lowest BCUT2D eigenvalue weighted by Crippen LogP contribution is -2.40. The highest BCUT2D eigenvalue weighted by Gasteiger charge is 2.04. The summed E-state index contributed by atoms with van der Waals surface area (Å²) in [7, 11) is 6.27. The lowest BCUT2D eigenvalue weighted by molar-refractivity contribution is -0.847. The molecule has 0 aliphatic rings. The summed E-state index contributed by atoms with van der Waals surface area (Å²) in [6.45, 7) is 0. The fraction of sp³-hybridized carbons (Fsp3) is 0.333. The highest BCUT2D eigenvalue weighted by Crippen LogP contribution is 2.07. The van der Waals surface area contributed by atoms with E-state index in [0.29, 0.717) is 0 Å². The third-order valence-electron chi connectivity index (χ3n) is 1.24. The number of nitrogens with zero attached hydrogens (tertiary/aromatic N) is 1. The Morgan fingerprint density at radius 3 is 2.00 bits per heavy atom. The summed E-state index contributed by atoms with van der Waals surface area (Å²) >= 11 is 0. The average molecular weight is 151 g/mol. The molecule has 0 bridgehead atoms. The lowest BCUT2D eigenvalue weighted by atomic mass is 10.3. The molecule has 2 heteroatoms. The largest absolute Gasteiger partial charge is 0.237 e. The van der Waals surface area contributed by atoms with E-state index in [1.165, 1.54) is 0 Å². The van der Waals surface area contributed by atoms with Crippen LogP contribution in [0, 0.1) is 0 Å². The molecule has 1 rings (SSSR count). The summed E-state index contributed by atoms with van der Waals surface area (Å²) < 4.78 is 0.740. The van der Waals surface area contributed by atoms with E-state index >= 15 is 0 Å². The number of rotatable bonds is 2. The van der Waals surface area contributed by atoms with Gasteiger partial charge in [-0.3, -0.25) is 0 Å². The van der Waals surface area contributed by atoms with Crippen molar-refractivity contribution in [2.45, 2.75) is 0 Å². The van der Waals surface area contributed by atoms with Crippen LogP contribution in [0.3, 0.4) is 0 Å². The smallest absolute Gasteiger partial charge is 0.0902 e. The molecule has 0 saturated heterocycles. The predicted octanol–water partition coefficient (Wildman–Crippen LogP) is 1.72. The number of quaternary nitrogens is 1. The maximum absolute atomic E-state index is 3.32. The van der Waals surface area contributed by atoms with Gasteiger partial charge in [-0.2, -0.15) is 0 Å². The summed E-state index contributed by atoms with van der Waals surface area (Å²) in [4.78, 5) is 0. The minimum Gasteiger partial charge on any atom is -0.237 e. The van der Waals surface area contributed by atoms with Gasteiger partial charge >= 0.3 is 0 Å². The van der Waals surface area contributed by atoms with E-state index in [1.54, 1.807) is 0 Å². The zero-order chi connectivity index (χ0) is 8.32. The zero-order valence-electron chi connectivity index (χ0n) is 7.33. The van der Waals surface area contributed by atoms with Gasteiger partial charge in [-0.05, 0) is 12.1 Å². The van der Waals surface area contributed by atoms with Gasteiger partial charge in [0.2, 0.25) is 0 Å². The van der Waals surface area contributed by atoms with Crippen LogP contribution in [0.15, 0.2) is 30.3 Å². The first-order chi connectivity index (χ1) is 5.08. The first kappa shape index (κ1) is 8.08. The number of hydrogen-bond acceptors (Lipinski definition) is 1. The van der Waals surface area contributed by atoms with Crippen molar-refractivity contribution in [2.24, 2.45) is 0 Å². The van der Waals surface area contributed by atoms with E-state index in [1.807, 2.05) is 18.2 Å². The third-order valence-corrected chi connectivity index (χ3v) is 1.24. The molecule has 0 fully saturated rings. The fourth-order valence-electron chi connectivity index (χ4n) is 0.900. The number of hydrogen-bond donors (Lipinski definition) is 1. The maximum atomic E-state index is 3.32. The minimum absolute atomic E-state index is 0.740. The lowest BCUT2D eigenvalue weighted by Gasteiger charge is -2.24. The van der Waals surface area contributed by atoms with Gasteiger partial charge in [0.25, 0.3) is 0 Å². The molecule has 2 nitrogen and oxygen atoms in total. The van der Waals surface area contributed by atoms with E-state index in [9.17, 15) is 0 Å². The van der Waals surface area contributed by atoms with E-state index in [0.717, 1.165) is 10.3 Å². The Bertz CT molecular complexity index is 211. The molecule has 0 saturated carbocycles. The second kappa shape index (κ2) is 2.93. The van der Waals surface area contributed by atoms with Crippen LogP contribution in [0.4, 0.5) is 5.69 Å². The van der Waals surface area contributed by atoms with Gasteiger partial charge in [0, 0.05) is 0 Å². The van der Waals surface area contributed by atoms with Crippen LogP contribution in [0.2, 0.25) is 0 Å². The Morgan fingerprint density at radius 1 is 1.00 bits per heavy atom. The number of anilines is 1. The highest BCUT2D eigenvalue weighted by atomic mass is 15.6. The fourth-order valence-corrected chi connectivity index (χ4v) is 0.900. The Labute approximate surface area is 68.0 Å². The van der Waals surface area contributed by atoms with Crippen molar-refractivity contribution >= 4 is 5.69 Å². The van der Waals surface area contributed by atoms with Gasteiger partial charge in [-0.1, -0.05) is 18.2 Å². The van der Waals surface area contributed by atoms with Gasteiger partial charge in [0.1, 0.15) is 0 Å². The molecule has 1 N–H and O–H groups in total. The highest BCUT2D eigenvalue weighted by molar-refractivity contribution is 5.39. The molecule has 0 unspecified atom stereocenters. The van der Waals surface area contributed by atoms with Crippen molar-refractivity contribution in [1.82, 2.24) is 0 Å². The molecule has 60 valence electrons. The minimum atomic E-state index is 0.740. The molecule has 0 amide bonds. The third kappa shape index (κ3) is 3.05. The van der Waals surface area contributed by atoms with Gasteiger partial charge in [-0.25, -0.2) is 10.0 Å². The Hall–Kier alpha value is -1.02. The molecule has 0 atom stereocenters. The zero-order valence-corrected chi connectivity index (χ0v) is 7.33. The SMILES string of the molecule is C[N+](C)(C)Nc1ccccc1. The quantitative estimate of drug-likeness (QED) is 0.501. The summed E-state index contributed by atoms with van der Waals surface area (Å²) in [6.07, 6.45) is 0. The van der Waals surface area contributed by atoms with Crippen LogP contribution in [0.1, 0.15) is 0 Å². The molecule has 11 heavy (non-hydrogen) atoms. The van der Waals surface area contributed by atoms with Crippen molar-refractivity contribution < 1.29 is 4.59 Å². The Balaban J connectivity index is 2.66. The van der Waals surface area contributed by atoms with Gasteiger partial charge in [0.05, 0.1) is 26.8 Å². The molecule has 0 aromatic heterocycles. The van der Waals surface area contributed by atoms with Gasteiger partial charge < -0.3 is 0 Å². The predicted molar refractivity (Wildman–Crippen MR) is 48.1 cm³/mol. The molecular weight excluding hydrogens is 136 g/mol. The van der Waals surface area contributed by atoms with E-state index in [-0.39, 0.29) is 0 Å². The molecule has 0 aliphatic heterocycles. The van der Waals surface area contributed by atoms with Gasteiger partial charge in [-0.15, -0.1) is 0 Å². The second-order valence-electron chi connectivity index (χ2n) is 3.49. The van der Waals surface area contributed by atoms with Crippen molar-refractivity contribution in [2.75, 3.05) is 26.6 Å². The number of benzene rings is 1. The Kier molecular flexibility index (Phi) is 2.15. The van der Waals surface area contributed by atoms with Crippen LogP contribution >= 0.6 is 0 Å². The average Bonchev–Trinajstić information content (AvgIpc) is 1.85. The van der Waals surface area contributed by atoms with E-state index in [2.05, 4.69) is 38.7 Å². The van der Waals surface area contributed by atoms with Crippen LogP contribution in [-0.2, 0) is 0 Å². The summed E-state index contributed by atoms with van der Waals surface area (Å²) in [5, 5.41) is 0. The molecule has 0 spiro atoms.